The fourth-order valence-corrected chi connectivity index (χ4v) is 2.56. The van der Waals surface area contributed by atoms with E-state index in [-0.39, 0.29) is 0 Å². The maximum atomic E-state index is 12.0. The van der Waals surface area contributed by atoms with Crippen LogP contribution in [0.5, 0.6) is 0 Å². The number of ketones is 1. The van der Waals surface area contributed by atoms with Crippen LogP contribution in [0.1, 0.15) is 34.6 Å². The van der Waals surface area contributed by atoms with Crippen LogP contribution in [0.3, 0.4) is 0 Å². The van der Waals surface area contributed by atoms with Crippen molar-refractivity contribution >= 4 is 29.7 Å². The number of Topliss-reactive ketones (excluding diaryl/α,β-unsaturated/α-hetero) is 1. The summed E-state index contributed by atoms with van der Waals surface area (Å²) in [7, 11) is 0. The third-order valence-electron chi connectivity index (χ3n) is 3.56. The zero-order valence-electron chi connectivity index (χ0n) is 15.5. The lowest BCUT2D eigenvalue weighted by molar-refractivity contribution is -0.334. The molecule has 0 amide bonds. The summed E-state index contributed by atoms with van der Waals surface area (Å²) >= 11 is 0. The van der Waals surface area contributed by atoms with Gasteiger partial charge in [0.2, 0.25) is 6.10 Å². The van der Waals surface area contributed by atoms with Gasteiger partial charge in [0.25, 0.3) is 5.79 Å². The van der Waals surface area contributed by atoms with Crippen molar-refractivity contribution < 1.29 is 52.8 Å². The molecule has 0 aliphatic carbocycles. The second-order valence-electron chi connectivity index (χ2n) is 5.89. The highest BCUT2D eigenvalue weighted by atomic mass is 16.7. The highest BCUT2D eigenvalue weighted by Gasteiger charge is 2.61. The second kappa shape index (κ2) is 8.91. The molecule has 0 radical (unpaired) electrons. The van der Waals surface area contributed by atoms with E-state index in [4.69, 9.17) is 23.7 Å². The summed E-state index contributed by atoms with van der Waals surface area (Å²) in [6.45, 7) is 4.60. The van der Waals surface area contributed by atoms with E-state index >= 15 is 0 Å². The second-order valence-corrected chi connectivity index (χ2v) is 5.89. The first-order valence-electron chi connectivity index (χ1n) is 7.94. The van der Waals surface area contributed by atoms with E-state index in [0.29, 0.717) is 0 Å². The van der Waals surface area contributed by atoms with Crippen LogP contribution in [-0.4, -0.2) is 71.6 Å². The van der Waals surface area contributed by atoms with Crippen LogP contribution in [0.2, 0.25) is 0 Å². The molecular weight excluding hydrogens is 368 g/mol. The van der Waals surface area contributed by atoms with Gasteiger partial charge in [-0.3, -0.25) is 24.0 Å². The van der Waals surface area contributed by atoms with Crippen LogP contribution >= 0.6 is 0 Å². The Bertz CT molecular complexity index is 628. The monoisotopic (exact) mass is 390 g/mol. The Kier molecular flexibility index (Phi) is 7.43. The average Bonchev–Trinajstić information content (AvgIpc) is 2.50. The largest absolute Gasteiger partial charge is 0.463 e. The summed E-state index contributed by atoms with van der Waals surface area (Å²) in [6.07, 6.45) is -6.24. The maximum absolute atomic E-state index is 12.0. The highest BCUT2D eigenvalue weighted by Crippen LogP contribution is 2.35. The molecule has 27 heavy (non-hydrogen) atoms. The van der Waals surface area contributed by atoms with Gasteiger partial charge in [0, 0.05) is 34.6 Å². The molecule has 1 saturated heterocycles. The van der Waals surface area contributed by atoms with Gasteiger partial charge in [-0.05, 0) is 0 Å². The van der Waals surface area contributed by atoms with E-state index in [9.17, 15) is 29.1 Å². The minimum absolute atomic E-state index is 0.534. The number of ether oxygens (including phenoxy) is 5. The zero-order valence-corrected chi connectivity index (χ0v) is 15.5. The molecule has 0 aromatic carbocycles. The lowest BCUT2D eigenvalue weighted by Gasteiger charge is -2.47. The van der Waals surface area contributed by atoms with Crippen LogP contribution in [0.4, 0.5) is 0 Å². The SMILES string of the molecule is CC(=O)OC[C@H]1OC(O)(C(C)=O)[C@@H](OC(C)=O)[C@@H](OC(C)=O)[C@@H]1OC(C)=O. The molecule has 0 bridgehead atoms. The lowest BCUT2D eigenvalue weighted by atomic mass is 9.89. The van der Waals surface area contributed by atoms with Crippen LogP contribution in [-0.2, 0) is 47.7 Å². The van der Waals surface area contributed by atoms with E-state index in [2.05, 4.69) is 0 Å². The van der Waals surface area contributed by atoms with Gasteiger partial charge in [-0.25, -0.2) is 0 Å². The minimum Gasteiger partial charge on any atom is -0.463 e. The Hall–Kier alpha value is -2.53. The molecule has 5 atom stereocenters. The molecule has 1 N–H and O–H groups in total. The van der Waals surface area contributed by atoms with Gasteiger partial charge in [0.05, 0.1) is 0 Å². The summed E-state index contributed by atoms with van der Waals surface area (Å²) in [5, 5.41) is 10.7. The van der Waals surface area contributed by atoms with Gasteiger partial charge in [-0.2, -0.15) is 0 Å². The Balaban J connectivity index is 3.43. The Morgan fingerprint density at radius 1 is 0.815 bits per heavy atom. The number of aliphatic hydroxyl groups is 1. The molecule has 1 heterocycles. The molecule has 0 spiro atoms. The van der Waals surface area contributed by atoms with Crippen LogP contribution in [0, 0.1) is 0 Å². The van der Waals surface area contributed by atoms with Gasteiger partial charge in [-0.1, -0.05) is 0 Å². The Morgan fingerprint density at radius 3 is 1.70 bits per heavy atom. The Morgan fingerprint density at radius 2 is 1.30 bits per heavy atom. The first-order chi connectivity index (χ1) is 12.4. The van der Waals surface area contributed by atoms with E-state index < -0.39 is 66.5 Å². The molecule has 11 nitrogen and oxygen atoms in total. The smallest absolute Gasteiger partial charge is 0.303 e. The first-order valence-corrected chi connectivity index (χ1v) is 7.94. The maximum Gasteiger partial charge on any atom is 0.303 e. The molecule has 1 aliphatic rings. The van der Waals surface area contributed by atoms with Crippen molar-refractivity contribution in [2.24, 2.45) is 0 Å². The van der Waals surface area contributed by atoms with Crippen molar-refractivity contribution in [3.8, 4) is 0 Å². The quantitative estimate of drug-likeness (QED) is 0.440. The molecule has 11 heteroatoms. The van der Waals surface area contributed by atoms with Gasteiger partial charge in [0.15, 0.2) is 18.0 Å². The van der Waals surface area contributed by atoms with Crippen molar-refractivity contribution in [1.29, 1.82) is 0 Å². The number of carbonyl (C=O) groups is 5. The van der Waals surface area contributed by atoms with Crippen LogP contribution in [0.15, 0.2) is 0 Å². The molecule has 0 aromatic heterocycles. The summed E-state index contributed by atoms with van der Waals surface area (Å²) in [5.74, 6) is -7.01. The molecule has 0 saturated carbocycles. The van der Waals surface area contributed by atoms with Gasteiger partial charge >= 0.3 is 23.9 Å². The van der Waals surface area contributed by atoms with Crippen molar-refractivity contribution in [2.75, 3.05) is 6.61 Å². The van der Waals surface area contributed by atoms with E-state index in [1.54, 1.807) is 0 Å². The van der Waals surface area contributed by atoms with E-state index in [1.165, 1.54) is 0 Å². The molecule has 1 unspecified atom stereocenters. The molecule has 1 fully saturated rings. The standard InChI is InChI=1S/C16H22O11/c1-7(17)16(22)15(26-11(5)21)14(25-10(4)20)13(24-9(3)19)12(27-16)6-23-8(2)18/h12-15,22H,6H2,1-5H3/t12-,13-,14+,15+,16?/m1/s1. The topological polar surface area (TPSA) is 152 Å². The van der Waals surface area contributed by atoms with Gasteiger partial charge in [-0.15, -0.1) is 0 Å². The van der Waals surface area contributed by atoms with E-state index in [1.807, 2.05) is 0 Å². The number of hydrogen-bond acceptors (Lipinski definition) is 11. The molecule has 152 valence electrons. The number of hydrogen-bond donors (Lipinski definition) is 1. The van der Waals surface area contributed by atoms with Crippen molar-refractivity contribution in [1.82, 2.24) is 0 Å². The fraction of sp³-hybridized carbons (Fsp3) is 0.688. The summed E-state index contributed by atoms with van der Waals surface area (Å²) in [5.41, 5.74) is 0. The number of carbonyl (C=O) groups excluding carboxylic acids is 5. The van der Waals surface area contributed by atoms with Crippen molar-refractivity contribution in [2.45, 2.75) is 64.8 Å². The minimum atomic E-state index is -2.73. The molecular formula is C16H22O11. The molecule has 1 aliphatic heterocycles. The third kappa shape index (κ3) is 5.73. The van der Waals surface area contributed by atoms with Crippen LogP contribution in [0.25, 0.3) is 0 Å². The number of esters is 4. The van der Waals surface area contributed by atoms with Crippen molar-refractivity contribution in [3.63, 3.8) is 0 Å². The Labute approximate surface area is 154 Å². The summed E-state index contributed by atoms with van der Waals surface area (Å²) in [6, 6.07) is 0. The summed E-state index contributed by atoms with van der Waals surface area (Å²) in [4.78, 5) is 57.6. The average molecular weight is 390 g/mol. The van der Waals surface area contributed by atoms with Crippen LogP contribution < -0.4 is 0 Å². The molecule has 1 rings (SSSR count). The van der Waals surface area contributed by atoms with Crippen molar-refractivity contribution in [3.05, 3.63) is 0 Å². The predicted octanol–water partition coefficient (Wildman–Crippen LogP) is -0.979. The van der Waals surface area contributed by atoms with Gasteiger partial charge < -0.3 is 28.8 Å². The fourth-order valence-electron chi connectivity index (χ4n) is 2.56. The summed E-state index contributed by atoms with van der Waals surface area (Å²) < 4.78 is 25.2. The normalized spacial score (nSPS) is 30.0. The number of rotatable bonds is 6. The van der Waals surface area contributed by atoms with E-state index in [0.717, 1.165) is 34.6 Å². The zero-order chi connectivity index (χ0) is 20.9. The lowest BCUT2D eigenvalue weighted by Crippen LogP contribution is -2.70. The first kappa shape index (κ1) is 22.5. The predicted molar refractivity (Wildman–Crippen MR) is 83.8 cm³/mol. The van der Waals surface area contributed by atoms with Gasteiger partial charge in [0.1, 0.15) is 12.7 Å². The third-order valence-corrected chi connectivity index (χ3v) is 3.56. The molecule has 0 aromatic rings. The highest BCUT2D eigenvalue weighted by molar-refractivity contribution is 5.85.